The van der Waals surface area contributed by atoms with E-state index in [-0.39, 0.29) is 24.0 Å². The lowest BCUT2D eigenvalue weighted by molar-refractivity contribution is 0.133. The minimum atomic E-state index is -0.287. The van der Waals surface area contributed by atoms with Crippen LogP contribution >= 0.6 is 0 Å². The number of phenols is 1. The van der Waals surface area contributed by atoms with Gasteiger partial charge in [0, 0.05) is 18.7 Å². The molecule has 2 heterocycles. The Morgan fingerprint density at radius 3 is 3.06 bits per heavy atom. The van der Waals surface area contributed by atoms with Crippen molar-refractivity contribution in [2.75, 3.05) is 13.1 Å². The SMILES string of the molecule is O=C1OC2CNCC2N1Cc1ccccc1O. The van der Waals surface area contributed by atoms with E-state index in [2.05, 4.69) is 5.32 Å². The van der Waals surface area contributed by atoms with Gasteiger partial charge in [0.25, 0.3) is 0 Å². The van der Waals surface area contributed by atoms with Crippen molar-refractivity contribution >= 4 is 6.09 Å². The standard InChI is InChI=1S/C12H14N2O3/c15-10-4-2-1-3-8(10)7-14-9-5-13-6-11(9)17-12(14)16/h1-4,9,11,13,15H,5-7H2. The van der Waals surface area contributed by atoms with Gasteiger partial charge in [-0.25, -0.2) is 4.79 Å². The maximum atomic E-state index is 11.7. The third-order valence-corrected chi connectivity index (χ3v) is 3.35. The number of hydrogen-bond acceptors (Lipinski definition) is 4. The summed E-state index contributed by atoms with van der Waals surface area (Å²) >= 11 is 0. The maximum Gasteiger partial charge on any atom is 0.410 e. The lowest BCUT2D eigenvalue weighted by Gasteiger charge is -2.20. The zero-order chi connectivity index (χ0) is 11.8. The topological polar surface area (TPSA) is 61.8 Å². The average Bonchev–Trinajstić information content (AvgIpc) is 2.85. The van der Waals surface area contributed by atoms with Gasteiger partial charge in [-0.05, 0) is 6.07 Å². The molecule has 2 saturated heterocycles. The molecule has 17 heavy (non-hydrogen) atoms. The van der Waals surface area contributed by atoms with Crippen LogP contribution in [0.3, 0.4) is 0 Å². The fourth-order valence-electron chi connectivity index (χ4n) is 2.41. The van der Waals surface area contributed by atoms with E-state index in [0.29, 0.717) is 13.1 Å². The van der Waals surface area contributed by atoms with E-state index < -0.39 is 0 Å². The number of nitrogens with zero attached hydrogens (tertiary/aromatic N) is 1. The second kappa shape index (κ2) is 3.92. The maximum absolute atomic E-state index is 11.7. The molecule has 1 amide bonds. The number of carbonyl (C=O) groups is 1. The summed E-state index contributed by atoms with van der Waals surface area (Å²) in [4.78, 5) is 13.4. The van der Waals surface area contributed by atoms with Crippen LogP contribution in [-0.2, 0) is 11.3 Å². The van der Waals surface area contributed by atoms with Crippen LogP contribution in [0.5, 0.6) is 5.75 Å². The van der Waals surface area contributed by atoms with Crippen LogP contribution < -0.4 is 5.32 Å². The van der Waals surface area contributed by atoms with E-state index in [9.17, 15) is 9.90 Å². The monoisotopic (exact) mass is 234 g/mol. The van der Waals surface area contributed by atoms with Gasteiger partial charge in [-0.15, -0.1) is 0 Å². The highest BCUT2D eigenvalue weighted by Crippen LogP contribution is 2.26. The van der Waals surface area contributed by atoms with Crippen molar-refractivity contribution in [1.82, 2.24) is 10.2 Å². The highest BCUT2D eigenvalue weighted by atomic mass is 16.6. The van der Waals surface area contributed by atoms with Crippen molar-refractivity contribution in [1.29, 1.82) is 0 Å². The normalized spacial score (nSPS) is 27.1. The summed E-state index contributed by atoms with van der Waals surface area (Å²) in [6.07, 6.45) is -0.335. The number of benzene rings is 1. The Labute approximate surface area is 99.0 Å². The van der Waals surface area contributed by atoms with E-state index in [1.54, 1.807) is 17.0 Å². The summed E-state index contributed by atoms with van der Waals surface area (Å²) in [6, 6.07) is 7.14. The molecule has 2 aliphatic heterocycles. The lowest BCUT2D eigenvalue weighted by atomic mass is 10.1. The van der Waals surface area contributed by atoms with Crippen LogP contribution in [0.2, 0.25) is 0 Å². The van der Waals surface area contributed by atoms with Gasteiger partial charge in [-0.1, -0.05) is 18.2 Å². The molecule has 5 nitrogen and oxygen atoms in total. The van der Waals surface area contributed by atoms with Crippen LogP contribution in [-0.4, -0.2) is 41.3 Å². The first-order chi connectivity index (χ1) is 8.25. The number of aromatic hydroxyl groups is 1. The molecule has 0 aromatic heterocycles. The molecule has 2 unspecified atom stereocenters. The second-order valence-corrected chi connectivity index (χ2v) is 4.40. The Balaban J connectivity index is 1.81. The molecule has 0 spiro atoms. The average molecular weight is 234 g/mol. The quantitative estimate of drug-likeness (QED) is 0.790. The number of amides is 1. The van der Waals surface area contributed by atoms with E-state index in [0.717, 1.165) is 12.1 Å². The summed E-state index contributed by atoms with van der Waals surface area (Å²) in [5, 5.41) is 12.9. The first-order valence-corrected chi connectivity index (χ1v) is 5.70. The Morgan fingerprint density at radius 1 is 1.41 bits per heavy atom. The molecule has 2 aliphatic rings. The highest BCUT2D eigenvalue weighted by molar-refractivity contribution is 5.71. The van der Waals surface area contributed by atoms with Crippen LogP contribution in [0.1, 0.15) is 5.56 Å². The molecule has 2 fully saturated rings. The smallest absolute Gasteiger partial charge is 0.410 e. The molecular weight excluding hydrogens is 220 g/mol. The molecule has 90 valence electrons. The first kappa shape index (κ1) is 10.4. The number of ether oxygens (including phenoxy) is 1. The Morgan fingerprint density at radius 2 is 2.24 bits per heavy atom. The summed E-state index contributed by atoms with van der Waals surface area (Å²) in [5.74, 6) is 0.217. The van der Waals surface area contributed by atoms with E-state index >= 15 is 0 Å². The number of para-hydroxylation sites is 1. The van der Waals surface area contributed by atoms with Gasteiger partial charge < -0.3 is 15.2 Å². The molecule has 0 radical (unpaired) electrons. The lowest BCUT2D eigenvalue weighted by Crippen LogP contribution is -2.36. The van der Waals surface area contributed by atoms with Gasteiger partial charge in [0.05, 0.1) is 12.6 Å². The highest BCUT2D eigenvalue weighted by Gasteiger charge is 2.44. The predicted molar refractivity (Wildman–Crippen MR) is 60.6 cm³/mol. The van der Waals surface area contributed by atoms with Crippen LogP contribution in [0.4, 0.5) is 4.79 Å². The van der Waals surface area contributed by atoms with Gasteiger partial charge in [-0.3, -0.25) is 4.90 Å². The minimum Gasteiger partial charge on any atom is -0.508 e. The van der Waals surface area contributed by atoms with Crippen molar-refractivity contribution in [3.05, 3.63) is 29.8 Å². The largest absolute Gasteiger partial charge is 0.508 e. The zero-order valence-electron chi connectivity index (χ0n) is 9.30. The van der Waals surface area contributed by atoms with E-state index in [1.165, 1.54) is 0 Å². The molecule has 0 saturated carbocycles. The number of hydrogen-bond donors (Lipinski definition) is 2. The fourth-order valence-corrected chi connectivity index (χ4v) is 2.41. The van der Waals surface area contributed by atoms with Crippen molar-refractivity contribution in [3.8, 4) is 5.75 Å². The zero-order valence-corrected chi connectivity index (χ0v) is 9.30. The summed E-state index contributed by atoms with van der Waals surface area (Å²) in [5.41, 5.74) is 0.747. The molecule has 2 atom stereocenters. The number of phenolic OH excluding ortho intramolecular Hbond substituents is 1. The summed E-state index contributed by atoms with van der Waals surface area (Å²) in [7, 11) is 0. The van der Waals surface area contributed by atoms with Crippen molar-refractivity contribution < 1.29 is 14.6 Å². The van der Waals surface area contributed by atoms with E-state index in [1.807, 2.05) is 12.1 Å². The molecule has 5 heteroatoms. The molecule has 0 bridgehead atoms. The molecule has 3 rings (SSSR count). The Kier molecular flexibility index (Phi) is 2.40. The van der Waals surface area contributed by atoms with Crippen molar-refractivity contribution in [2.45, 2.75) is 18.7 Å². The second-order valence-electron chi connectivity index (χ2n) is 4.40. The Hall–Kier alpha value is -1.75. The van der Waals surface area contributed by atoms with Gasteiger partial charge in [0.1, 0.15) is 11.9 Å². The van der Waals surface area contributed by atoms with Crippen LogP contribution in [0.25, 0.3) is 0 Å². The molecule has 0 aliphatic carbocycles. The van der Waals surface area contributed by atoms with Crippen molar-refractivity contribution in [3.63, 3.8) is 0 Å². The van der Waals surface area contributed by atoms with Crippen molar-refractivity contribution in [2.24, 2.45) is 0 Å². The molecule has 1 aromatic rings. The van der Waals surface area contributed by atoms with Gasteiger partial charge in [0.2, 0.25) is 0 Å². The molecular formula is C12H14N2O3. The summed E-state index contributed by atoms with van der Waals surface area (Å²) < 4.78 is 5.25. The third kappa shape index (κ3) is 1.72. The van der Waals surface area contributed by atoms with Crippen LogP contribution in [0.15, 0.2) is 24.3 Å². The van der Waals surface area contributed by atoms with Gasteiger partial charge in [0.15, 0.2) is 0 Å². The molecule has 1 aromatic carbocycles. The number of fused-ring (bicyclic) bond motifs is 1. The summed E-state index contributed by atoms with van der Waals surface area (Å²) in [6.45, 7) is 1.87. The minimum absolute atomic E-state index is 0.0478. The molecule has 2 N–H and O–H groups in total. The fraction of sp³-hybridized carbons (Fsp3) is 0.417. The number of rotatable bonds is 2. The number of nitrogens with one attached hydrogen (secondary N) is 1. The Bertz CT molecular complexity index is 449. The van der Waals surface area contributed by atoms with E-state index in [4.69, 9.17) is 4.74 Å². The third-order valence-electron chi connectivity index (χ3n) is 3.35. The van der Waals surface area contributed by atoms with Crippen LogP contribution in [0, 0.1) is 0 Å². The van der Waals surface area contributed by atoms with Gasteiger partial charge >= 0.3 is 6.09 Å². The number of carbonyl (C=O) groups excluding carboxylic acids is 1. The predicted octanol–water partition coefficient (Wildman–Crippen LogP) is 0.685. The van der Waals surface area contributed by atoms with Gasteiger partial charge in [-0.2, -0.15) is 0 Å². The first-order valence-electron chi connectivity index (χ1n) is 5.70.